The number of hydrogen-bond acceptors (Lipinski definition) is 4. The van der Waals surface area contributed by atoms with Crippen LogP contribution in [0.1, 0.15) is 58.2 Å². The number of nitrogens with zero attached hydrogens (tertiary/aromatic N) is 4. The molecule has 0 radical (unpaired) electrons. The Morgan fingerprint density at radius 2 is 1.96 bits per heavy atom. The molecule has 148 valence electrons. The predicted molar refractivity (Wildman–Crippen MR) is 108 cm³/mol. The van der Waals surface area contributed by atoms with Gasteiger partial charge in [-0.25, -0.2) is 9.78 Å². The lowest BCUT2D eigenvalue weighted by Gasteiger charge is -2.29. The Hall–Kier alpha value is -2.15. The third kappa shape index (κ3) is 3.65. The minimum absolute atomic E-state index is 0.270. The molecule has 2 heterocycles. The van der Waals surface area contributed by atoms with E-state index in [0.717, 1.165) is 31.6 Å². The Labute approximate surface area is 159 Å². The van der Waals surface area contributed by atoms with E-state index in [9.17, 15) is 9.59 Å². The molecule has 2 atom stereocenters. The van der Waals surface area contributed by atoms with Crippen LogP contribution in [-0.4, -0.2) is 31.3 Å². The second-order valence-electron chi connectivity index (χ2n) is 7.86. The van der Waals surface area contributed by atoms with Gasteiger partial charge in [0.15, 0.2) is 11.2 Å². The maximum Gasteiger partial charge on any atom is 0.332 e. The molecule has 2 unspecified atom stereocenters. The zero-order chi connectivity index (χ0) is 19.7. The van der Waals surface area contributed by atoms with Crippen molar-refractivity contribution in [1.29, 1.82) is 0 Å². The summed E-state index contributed by atoms with van der Waals surface area (Å²) >= 11 is 0. The van der Waals surface area contributed by atoms with E-state index < -0.39 is 0 Å². The van der Waals surface area contributed by atoms with Gasteiger partial charge in [0, 0.05) is 32.6 Å². The normalized spacial score (nSPS) is 20.2. The van der Waals surface area contributed by atoms with Crippen LogP contribution in [0, 0.1) is 0 Å². The first-order valence-electron chi connectivity index (χ1n) is 9.88. The van der Waals surface area contributed by atoms with E-state index in [2.05, 4.69) is 32.2 Å². The van der Waals surface area contributed by atoms with E-state index >= 15 is 0 Å². The quantitative estimate of drug-likeness (QED) is 0.814. The first-order chi connectivity index (χ1) is 12.8. The topological polar surface area (TPSA) is 73.8 Å². The highest BCUT2D eigenvalue weighted by molar-refractivity contribution is 5.71. The Balaban J connectivity index is 2.19. The molecule has 7 nitrogen and oxygen atoms in total. The highest BCUT2D eigenvalue weighted by atomic mass is 16.2. The van der Waals surface area contributed by atoms with Gasteiger partial charge < -0.3 is 9.88 Å². The molecule has 0 aromatic carbocycles. The van der Waals surface area contributed by atoms with E-state index in [1.54, 1.807) is 7.05 Å². The zero-order valence-electron chi connectivity index (χ0n) is 17.1. The monoisotopic (exact) mass is 373 g/mol. The van der Waals surface area contributed by atoms with Gasteiger partial charge in [0.05, 0.1) is 0 Å². The van der Waals surface area contributed by atoms with E-state index in [0.29, 0.717) is 29.7 Å². The fourth-order valence-corrected chi connectivity index (χ4v) is 4.13. The van der Waals surface area contributed by atoms with Crippen molar-refractivity contribution in [2.75, 3.05) is 6.54 Å². The average molecular weight is 374 g/mol. The first kappa shape index (κ1) is 19.6. The second-order valence-corrected chi connectivity index (χ2v) is 7.86. The van der Waals surface area contributed by atoms with Crippen molar-refractivity contribution < 1.29 is 0 Å². The van der Waals surface area contributed by atoms with Crippen LogP contribution in [0.4, 0.5) is 0 Å². The van der Waals surface area contributed by atoms with Crippen molar-refractivity contribution in [3.8, 4) is 0 Å². The molecule has 7 heteroatoms. The van der Waals surface area contributed by atoms with Crippen molar-refractivity contribution in [2.45, 2.75) is 65.0 Å². The molecule has 0 aliphatic heterocycles. The van der Waals surface area contributed by atoms with Gasteiger partial charge in [-0.3, -0.25) is 13.9 Å². The third-order valence-electron chi connectivity index (χ3n) is 5.59. The van der Waals surface area contributed by atoms with Crippen molar-refractivity contribution in [3.63, 3.8) is 0 Å². The van der Waals surface area contributed by atoms with Gasteiger partial charge >= 0.3 is 5.69 Å². The molecule has 0 bridgehead atoms. The number of fused-ring (bicyclic) bond motifs is 1. The molecule has 27 heavy (non-hydrogen) atoms. The summed E-state index contributed by atoms with van der Waals surface area (Å²) in [5.41, 5.74) is 1.61. The lowest BCUT2D eigenvalue weighted by Crippen LogP contribution is -2.37. The molecule has 0 spiro atoms. The first-order valence-corrected chi connectivity index (χ1v) is 9.88. The molecule has 1 aliphatic rings. The van der Waals surface area contributed by atoms with E-state index in [1.165, 1.54) is 28.2 Å². The van der Waals surface area contributed by atoms with Gasteiger partial charge in [-0.05, 0) is 39.7 Å². The highest BCUT2D eigenvalue weighted by Crippen LogP contribution is 2.33. The van der Waals surface area contributed by atoms with Crippen LogP contribution in [0.2, 0.25) is 0 Å². The predicted octanol–water partition coefficient (Wildman–Crippen LogP) is 2.04. The van der Waals surface area contributed by atoms with Crippen LogP contribution in [0.25, 0.3) is 11.2 Å². The summed E-state index contributed by atoms with van der Waals surface area (Å²) in [7, 11) is 3.22. The number of aryl methyl sites for hydroxylation is 1. The molecule has 1 saturated carbocycles. The van der Waals surface area contributed by atoms with E-state index in [1.807, 2.05) is 4.57 Å². The molecule has 1 N–H and O–H groups in total. The highest BCUT2D eigenvalue weighted by Gasteiger charge is 2.28. The number of imidazole rings is 1. The minimum atomic E-state index is -0.333. The molecule has 0 saturated heterocycles. The SMILES string of the molecule is CCNC1CCCC(c2nc3c(c(=O)n(C)c(=O)n3C)n2CC=C(C)C)C1. The largest absolute Gasteiger partial charge is 0.332 e. The number of aromatic nitrogens is 4. The summed E-state index contributed by atoms with van der Waals surface area (Å²) in [5, 5.41) is 3.56. The number of allylic oxidation sites excluding steroid dienone is 2. The van der Waals surface area contributed by atoms with Gasteiger partial charge in [-0.2, -0.15) is 0 Å². The molecular weight excluding hydrogens is 342 g/mol. The maximum atomic E-state index is 12.9. The van der Waals surface area contributed by atoms with Gasteiger partial charge in [0.2, 0.25) is 0 Å². The Bertz CT molecular complexity index is 973. The van der Waals surface area contributed by atoms with E-state index in [4.69, 9.17) is 4.98 Å². The van der Waals surface area contributed by atoms with Crippen LogP contribution >= 0.6 is 0 Å². The summed E-state index contributed by atoms with van der Waals surface area (Å²) in [6.07, 6.45) is 6.51. The lowest BCUT2D eigenvalue weighted by molar-refractivity contribution is 0.332. The van der Waals surface area contributed by atoms with Crippen LogP contribution in [-0.2, 0) is 20.6 Å². The molecule has 2 aromatic rings. The summed E-state index contributed by atoms with van der Waals surface area (Å²) in [6, 6.07) is 0.483. The zero-order valence-corrected chi connectivity index (χ0v) is 17.1. The molecular formula is C20H31N5O2. The molecule has 0 amide bonds. The van der Waals surface area contributed by atoms with Crippen LogP contribution in [0.5, 0.6) is 0 Å². The Kier molecular flexibility index (Phi) is 5.69. The summed E-state index contributed by atoms with van der Waals surface area (Å²) < 4.78 is 4.70. The van der Waals surface area contributed by atoms with Crippen LogP contribution < -0.4 is 16.6 Å². The second kappa shape index (κ2) is 7.84. The number of hydrogen-bond donors (Lipinski definition) is 1. The van der Waals surface area contributed by atoms with Crippen molar-refractivity contribution in [1.82, 2.24) is 24.0 Å². The van der Waals surface area contributed by atoms with Crippen molar-refractivity contribution in [3.05, 3.63) is 38.3 Å². The fraction of sp³-hybridized carbons (Fsp3) is 0.650. The fourth-order valence-electron chi connectivity index (χ4n) is 4.13. The van der Waals surface area contributed by atoms with Gasteiger partial charge in [0.25, 0.3) is 5.56 Å². The van der Waals surface area contributed by atoms with E-state index in [-0.39, 0.29) is 11.2 Å². The van der Waals surface area contributed by atoms with Crippen LogP contribution in [0.15, 0.2) is 21.2 Å². The molecule has 3 rings (SSSR count). The Morgan fingerprint density at radius 1 is 1.22 bits per heavy atom. The molecule has 1 fully saturated rings. The van der Waals surface area contributed by atoms with Gasteiger partial charge in [0.1, 0.15) is 5.82 Å². The summed E-state index contributed by atoms with van der Waals surface area (Å²) in [6.45, 7) is 7.79. The van der Waals surface area contributed by atoms with Gasteiger partial charge in [-0.1, -0.05) is 25.0 Å². The Morgan fingerprint density at radius 3 is 2.63 bits per heavy atom. The van der Waals surface area contributed by atoms with Gasteiger partial charge in [-0.15, -0.1) is 0 Å². The smallest absolute Gasteiger partial charge is 0.318 e. The molecule has 1 aliphatic carbocycles. The third-order valence-corrected chi connectivity index (χ3v) is 5.59. The average Bonchev–Trinajstić information content (AvgIpc) is 3.03. The maximum absolute atomic E-state index is 12.9. The van der Waals surface area contributed by atoms with Crippen molar-refractivity contribution >= 4 is 11.2 Å². The standard InChI is InChI=1S/C20H31N5O2/c1-6-21-15-9-7-8-14(12-15)17-22-18-16(25(17)11-10-13(2)3)19(26)24(5)20(27)23(18)4/h10,14-15,21H,6-9,11-12H2,1-5H3. The summed E-state index contributed by atoms with van der Waals surface area (Å²) in [5.74, 6) is 1.23. The minimum Gasteiger partial charge on any atom is -0.318 e. The van der Waals surface area contributed by atoms with Crippen molar-refractivity contribution in [2.24, 2.45) is 14.1 Å². The summed E-state index contributed by atoms with van der Waals surface area (Å²) in [4.78, 5) is 30.1. The molecule has 2 aromatic heterocycles. The number of rotatable bonds is 5. The van der Waals surface area contributed by atoms with Crippen LogP contribution in [0.3, 0.4) is 0 Å². The lowest BCUT2D eigenvalue weighted by atomic mass is 9.85. The number of nitrogens with one attached hydrogen (secondary N) is 1.